The summed E-state index contributed by atoms with van der Waals surface area (Å²) >= 11 is 0. The molecule has 0 bridgehead atoms. The molecule has 0 radical (unpaired) electrons. The van der Waals surface area contributed by atoms with Crippen molar-refractivity contribution >= 4 is 5.78 Å². The van der Waals surface area contributed by atoms with E-state index < -0.39 is 0 Å². The van der Waals surface area contributed by atoms with Gasteiger partial charge in [-0.3, -0.25) is 4.79 Å². The molecule has 0 N–H and O–H groups in total. The van der Waals surface area contributed by atoms with Gasteiger partial charge in [-0.1, -0.05) is 24.8 Å². The average molecular weight is 208 g/mol. The van der Waals surface area contributed by atoms with E-state index in [1.54, 1.807) is 18.2 Å². The Hall–Kier alpha value is -1.48. The van der Waals surface area contributed by atoms with Crippen LogP contribution in [0.3, 0.4) is 0 Å². The molecule has 0 atom stereocenters. The third-order valence-corrected chi connectivity index (χ3v) is 2.03. The first kappa shape index (κ1) is 11.6. The van der Waals surface area contributed by atoms with Crippen LogP contribution in [0.5, 0.6) is 0 Å². The number of methoxy groups -OCH3 is 1. The fourth-order valence-corrected chi connectivity index (χ4v) is 1.20. The lowest BCUT2D eigenvalue weighted by Crippen LogP contribution is -2.11. The van der Waals surface area contributed by atoms with Gasteiger partial charge in [0.25, 0.3) is 0 Å². The largest absolute Gasteiger partial charge is 0.377 e. The molecule has 2 nitrogen and oxygen atoms in total. The monoisotopic (exact) mass is 208 g/mol. The van der Waals surface area contributed by atoms with Gasteiger partial charge < -0.3 is 4.74 Å². The molecule has 80 valence electrons. The molecule has 1 aromatic rings. The Morgan fingerprint density at radius 3 is 2.73 bits per heavy atom. The number of carbonyl (C=O) groups excluding carboxylic acids is 1. The summed E-state index contributed by atoms with van der Waals surface area (Å²) in [5, 5.41) is 0. The topological polar surface area (TPSA) is 26.3 Å². The lowest BCUT2D eigenvalue weighted by molar-refractivity contribution is -0.119. The minimum atomic E-state index is -0.316. The van der Waals surface area contributed by atoms with Gasteiger partial charge in [-0.2, -0.15) is 0 Å². The zero-order valence-corrected chi connectivity index (χ0v) is 8.63. The number of carbonyl (C=O) groups is 1. The highest BCUT2D eigenvalue weighted by molar-refractivity contribution is 5.96. The first-order valence-electron chi connectivity index (χ1n) is 4.58. The minimum Gasteiger partial charge on any atom is -0.377 e. The van der Waals surface area contributed by atoms with E-state index in [1.165, 1.54) is 13.2 Å². The molecule has 1 rings (SSSR count). The van der Waals surface area contributed by atoms with Crippen molar-refractivity contribution in [3.63, 3.8) is 0 Å². The molecule has 0 aliphatic heterocycles. The second-order valence-electron chi connectivity index (χ2n) is 3.23. The first-order chi connectivity index (χ1) is 7.15. The van der Waals surface area contributed by atoms with Gasteiger partial charge in [0, 0.05) is 13.5 Å². The van der Waals surface area contributed by atoms with Crippen LogP contribution < -0.4 is 0 Å². The normalized spacial score (nSPS) is 10.0. The van der Waals surface area contributed by atoms with Crippen molar-refractivity contribution in [3.05, 3.63) is 47.8 Å². The van der Waals surface area contributed by atoms with Gasteiger partial charge in [0.2, 0.25) is 0 Å². The Morgan fingerprint density at radius 2 is 2.13 bits per heavy atom. The van der Waals surface area contributed by atoms with Crippen molar-refractivity contribution < 1.29 is 13.9 Å². The van der Waals surface area contributed by atoms with Crippen LogP contribution in [0, 0.1) is 5.82 Å². The molecule has 0 aromatic heterocycles. The molecule has 0 saturated heterocycles. The fraction of sp³-hybridized carbons (Fsp3) is 0.250. The molecule has 0 aliphatic rings. The smallest absolute Gasteiger partial charge is 0.184 e. The van der Waals surface area contributed by atoms with E-state index in [1.807, 2.05) is 0 Å². The first-order valence-corrected chi connectivity index (χ1v) is 4.58. The highest BCUT2D eigenvalue weighted by atomic mass is 19.1. The van der Waals surface area contributed by atoms with E-state index in [4.69, 9.17) is 0 Å². The maximum atomic E-state index is 13.2. The third-order valence-electron chi connectivity index (χ3n) is 2.03. The summed E-state index contributed by atoms with van der Waals surface area (Å²) in [5.74, 6) is -0.510. The van der Waals surface area contributed by atoms with E-state index in [-0.39, 0.29) is 24.6 Å². The molecule has 15 heavy (non-hydrogen) atoms. The zero-order valence-electron chi connectivity index (χ0n) is 8.63. The second-order valence-corrected chi connectivity index (χ2v) is 3.23. The van der Waals surface area contributed by atoms with Gasteiger partial charge in [0.1, 0.15) is 12.4 Å². The molecule has 0 spiro atoms. The molecule has 3 heteroatoms. The Balaban J connectivity index is 2.67. The Kier molecular flexibility index (Phi) is 4.18. The van der Waals surface area contributed by atoms with Crippen LogP contribution >= 0.6 is 0 Å². The number of ether oxygens (including phenoxy) is 1. The Labute approximate surface area is 88.4 Å². The van der Waals surface area contributed by atoms with Crippen molar-refractivity contribution in [1.29, 1.82) is 0 Å². The fourth-order valence-electron chi connectivity index (χ4n) is 1.20. The maximum Gasteiger partial charge on any atom is 0.184 e. The summed E-state index contributed by atoms with van der Waals surface area (Å²) in [4.78, 5) is 11.3. The van der Waals surface area contributed by atoms with Crippen molar-refractivity contribution in [2.75, 3.05) is 13.7 Å². The predicted molar refractivity (Wildman–Crippen MR) is 56.1 cm³/mol. The summed E-state index contributed by atoms with van der Waals surface area (Å²) in [5.41, 5.74) is 0.842. The van der Waals surface area contributed by atoms with Crippen molar-refractivity contribution in [2.24, 2.45) is 0 Å². The zero-order chi connectivity index (χ0) is 11.3. The van der Waals surface area contributed by atoms with Crippen molar-refractivity contribution in [1.82, 2.24) is 0 Å². The van der Waals surface area contributed by atoms with Gasteiger partial charge in [0.15, 0.2) is 5.78 Å². The summed E-state index contributed by atoms with van der Waals surface area (Å²) in [6.07, 6.45) is 0.231. The van der Waals surface area contributed by atoms with Gasteiger partial charge in [-0.25, -0.2) is 4.39 Å². The highest BCUT2D eigenvalue weighted by Crippen LogP contribution is 2.11. The molecule has 0 aliphatic carbocycles. The summed E-state index contributed by atoms with van der Waals surface area (Å²) in [6.45, 7) is 3.61. The number of hydrogen-bond acceptors (Lipinski definition) is 2. The number of hydrogen-bond donors (Lipinski definition) is 0. The van der Waals surface area contributed by atoms with E-state index >= 15 is 0 Å². The number of ketones is 1. The van der Waals surface area contributed by atoms with Crippen LogP contribution in [0.4, 0.5) is 4.39 Å². The van der Waals surface area contributed by atoms with E-state index in [0.29, 0.717) is 11.1 Å². The van der Waals surface area contributed by atoms with E-state index in [9.17, 15) is 9.18 Å². The molecule has 0 saturated carbocycles. The Morgan fingerprint density at radius 1 is 1.47 bits per heavy atom. The van der Waals surface area contributed by atoms with Crippen LogP contribution in [0.1, 0.15) is 5.56 Å². The predicted octanol–water partition coefficient (Wildman–Crippen LogP) is 2.14. The van der Waals surface area contributed by atoms with Gasteiger partial charge in [-0.15, -0.1) is 0 Å². The number of Topliss-reactive ketones (excluding diaryl/α,β-unsaturated/α-hetero) is 1. The molecule has 0 fully saturated rings. The molecule has 0 unspecified atom stereocenters. The SMILES string of the molecule is C=C(Cc1ccccc1F)C(=O)COC. The lowest BCUT2D eigenvalue weighted by Gasteiger charge is -2.05. The van der Waals surface area contributed by atoms with Crippen LogP contribution in [0.15, 0.2) is 36.4 Å². The van der Waals surface area contributed by atoms with Crippen molar-refractivity contribution in [2.45, 2.75) is 6.42 Å². The number of halogens is 1. The molecule has 0 amide bonds. The van der Waals surface area contributed by atoms with Crippen LogP contribution in [0.25, 0.3) is 0 Å². The molecule has 0 heterocycles. The standard InChI is InChI=1S/C12H13FO2/c1-9(12(14)8-15-2)7-10-5-3-4-6-11(10)13/h3-6H,1,7-8H2,2H3. The van der Waals surface area contributed by atoms with Crippen molar-refractivity contribution in [3.8, 4) is 0 Å². The maximum absolute atomic E-state index is 13.2. The molecule has 1 aromatic carbocycles. The van der Waals surface area contributed by atoms with Gasteiger partial charge in [0.05, 0.1) is 0 Å². The highest BCUT2D eigenvalue weighted by Gasteiger charge is 2.09. The van der Waals surface area contributed by atoms with E-state index in [0.717, 1.165) is 0 Å². The quantitative estimate of drug-likeness (QED) is 0.693. The minimum absolute atomic E-state index is 0.00666. The third kappa shape index (κ3) is 3.29. The molecular weight excluding hydrogens is 195 g/mol. The van der Waals surface area contributed by atoms with Gasteiger partial charge >= 0.3 is 0 Å². The summed E-state index contributed by atoms with van der Waals surface area (Å²) < 4.78 is 17.9. The van der Waals surface area contributed by atoms with Gasteiger partial charge in [-0.05, 0) is 17.2 Å². The Bertz CT molecular complexity index is 372. The average Bonchev–Trinajstić information content (AvgIpc) is 2.21. The summed E-state index contributed by atoms with van der Waals surface area (Å²) in [6, 6.07) is 6.34. The number of rotatable bonds is 5. The molecular formula is C12H13FO2. The van der Waals surface area contributed by atoms with Crippen LogP contribution in [-0.2, 0) is 16.0 Å². The van der Waals surface area contributed by atoms with E-state index in [2.05, 4.69) is 11.3 Å². The van der Waals surface area contributed by atoms with Crippen LogP contribution in [-0.4, -0.2) is 19.5 Å². The van der Waals surface area contributed by atoms with Crippen LogP contribution in [0.2, 0.25) is 0 Å². The number of benzene rings is 1. The summed E-state index contributed by atoms with van der Waals surface area (Å²) in [7, 11) is 1.44. The lowest BCUT2D eigenvalue weighted by atomic mass is 10.0. The second kappa shape index (κ2) is 5.41.